The molecule has 0 spiro atoms. The van der Waals surface area contributed by atoms with Crippen LogP contribution in [0.1, 0.15) is 26.5 Å². The molecule has 0 aromatic carbocycles. The first kappa shape index (κ1) is 11.0. The summed E-state index contributed by atoms with van der Waals surface area (Å²) in [6.07, 6.45) is 2.03. The summed E-state index contributed by atoms with van der Waals surface area (Å²) in [4.78, 5) is 5.62. The third kappa shape index (κ3) is 2.19. The van der Waals surface area contributed by atoms with Crippen LogP contribution in [0.3, 0.4) is 0 Å². The van der Waals surface area contributed by atoms with Crippen LogP contribution in [-0.2, 0) is 6.54 Å². The van der Waals surface area contributed by atoms with Crippen molar-refractivity contribution in [3.8, 4) is 0 Å². The van der Waals surface area contributed by atoms with E-state index in [4.69, 9.17) is 5.73 Å². The van der Waals surface area contributed by atoms with E-state index in [9.17, 15) is 0 Å². The van der Waals surface area contributed by atoms with E-state index in [0.717, 1.165) is 15.7 Å². The Morgan fingerprint density at radius 1 is 1.53 bits per heavy atom. The molecule has 0 aliphatic rings. The van der Waals surface area contributed by atoms with Crippen LogP contribution in [0.2, 0.25) is 0 Å². The standard InChI is InChI=1S/C10H15N3S2/c1-10(2,3)15-8-7(6-11)13-4-5-14-9(13)12-8/h4-5H,6,11H2,1-3H3. The maximum atomic E-state index is 5.77. The van der Waals surface area contributed by atoms with Gasteiger partial charge in [0.05, 0.1) is 5.69 Å². The summed E-state index contributed by atoms with van der Waals surface area (Å²) in [5.74, 6) is 0. The maximum absolute atomic E-state index is 5.77. The summed E-state index contributed by atoms with van der Waals surface area (Å²) in [6.45, 7) is 7.10. The Bertz CT molecular complexity index is 464. The van der Waals surface area contributed by atoms with Crippen molar-refractivity contribution in [2.45, 2.75) is 37.1 Å². The van der Waals surface area contributed by atoms with Gasteiger partial charge in [-0.3, -0.25) is 4.40 Å². The Kier molecular flexibility index (Phi) is 2.79. The second-order valence-electron chi connectivity index (χ2n) is 4.34. The molecule has 82 valence electrons. The fraction of sp³-hybridized carbons (Fsp3) is 0.500. The first-order valence-corrected chi connectivity index (χ1v) is 6.54. The molecule has 0 aliphatic carbocycles. The zero-order valence-electron chi connectivity index (χ0n) is 9.15. The molecule has 2 heterocycles. The molecule has 0 bridgehead atoms. The van der Waals surface area contributed by atoms with Gasteiger partial charge in [0.1, 0.15) is 5.03 Å². The number of rotatable bonds is 2. The second kappa shape index (κ2) is 3.81. The van der Waals surface area contributed by atoms with Crippen LogP contribution in [0.25, 0.3) is 4.96 Å². The van der Waals surface area contributed by atoms with Crippen LogP contribution in [0.5, 0.6) is 0 Å². The Labute approximate surface area is 97.7 Å². The fourth-order valence-corrected chi connectivity index (χ4v) is 3.17. The highest BCUT2D eigenvalue weighted by atomic mass is 32.2. The number of thioether (sulfide) groups is 1. The van der Waals surface area contributed by atoms with E-state index < -0.39 is 0 Å². The van der Waals surface area contributed by atoms with Crippen molar-refractivity contribution >= 4 is 28.1 Å². The summed E-state index contributed by atoms with van der Waals surface area (Å²) < 4.78 is 2.26. The van der Waals surface area contributed by atoms with Crippen molar-refractivity contribution in [3.05, 3.63) is 17.3 Å². The topological polar surface area (TPSA) is 43.3 Å². The summed E-state index contributed by atoms with van der Waals surface area (Å²) >= 11 is 3.42. The third-order valence-corrected chi connectivity index (χ3v) is 3.81. The predicted molar refractivity (Wildman–Crippen MR) is 66.6 cm³/mol. The van der Waals surface area contributed by atoms with Crippen LogP contribution in [0.4, 0.5) is 0 Å². The minimum absolute atomic E-state index is 0.175. The molecule has 3 nitrogen and oxygen atoms in total. The van der Waals surface area contributed by atoms with E-state index in [0.29, 0.717) is 6.54 Å². The Morgan fingerprint density at radius 3 is 2.87 bits per heavy atom. The van der Waals surface area contributed by atoms with E-state index in [-0.39, 0.29) is 4.75 Å². The van der Waals surface area contributed by atoms with Crippen LogP contribution >= 0.6 is 23.1 Å². The third-order valence-electron chi connectivity index (χ3n) is 1.92. The van der Waals surface area contributed by atoms with Gasteiger partial charge in [0, 0.05) is 22.9 Å². The number of hydrogen-bond donors (Lipinski definition) is 1. The van der Waals surface area contributed by atoms with Gasteiger partial charge >= 0.3 is 0 Å². The van der Waals surface area contributed by atoms with Gasteiger partial charge in [0.15, 0.2) is 4.96 Å². The Morgan fingerprint density at radius 2 is 2.27 bits per heavy atom. The molecule has 2 aromatic rings. The van der Waals surface area contributed by atoms with Gasteiger partial charge in [-0.05, 0) is 0 Å². The van der Waals surface area contributed by atoms with Gasteiger partial charge in [-0.25, -0.2) is 4.98 Å². The second-order valence-corrected chi connectivity index (χ2v) is 7.03. The first-order valence-electron chi connectivity index (χ1n) is 4.85. The summed E-state index contributed by atoms with van der Waals surface area (Å²) in [5, 5.41) is 3.10. The number of imidazole rings is 1. The van der Waals surface area contributed by atoms with Crippen LogP contribution in [-0.4, -0.2) is 14.1 Å². The highest BCUT2D eigenvalue weighted by molar-refractivity contribution is 8.00. The Hall–Kier alpha value is -0.520. The average molecular weight is 241 g/mol. The van der Waals surface area contributed by atoms with Crippen LogP contribution in [0, 0.1) is 0 Å². The zero-order chi connectivity index (χ0) is 11.1. The minimum Gasteiger partial charge on any atom is -0.325 e. The number of nitrogens with zero attached hydrogens (tertiary/aromatic N) is 2. The fourth-order valence-electron chi connectivity index (χ4n) is 1.37. The van der Waals surface area contributed by atoms with Crippen molar-refractivity contribution in [2.24, 2.45) is 5.73 Å². The number of aromatic nitrogens is 2. The van der Waals surface area contributed by atoms with Gasteiger partial charge in [-0.2, -0.15) is 0 Å². The lowest BCUT2D eigenvalue weighted by atomic mass is 10.3. The quantitative estimate of drug-likeness (QED) is 0.822. The van der Waals surface area contributed by atoms with Crippen LogP contribution in [0.15, 0.2) is 16.6 Å². The molecule has 0 radical (unpaired) electrons. The van der Waals surface area contributed by atoms with E-state index in [2.05, 4.69) is 30.2 Å². The first-order chi connectivity index (χ1) is 7.01. The molecule has 15 heavy (non-hydrogen) atoms. The number of nitrogens with two attached hydrogens (primary N) is 1. The average Bonchev–Trinajstić information content (AvgIpc) is 2.60. The summed E-state index contributed by atoms with van der Waals surface area (Å²) in [6, 6.07) is 0. The number of hydrogen-bond acceptors (Lipinski definition) is 4. The van der Waals surface area contributed by atoms with Crippen molar-refractivity contribution < 1.29 is 0 Å². The molecule has 5 heteroatoms. The molecular weight excluding hydrogens is 226 g/mol. The van der Waals surface area contributed by atoms with Crippen molar-refractivity contribution in [3.63, 3.8) is 0 Å². The van der Waals surface area contributed by atoms with Gasteiger partial charge in [0.25, 0.3) is 0 Å². The van der Waals surface area contributed by atoms with E-state index >= 15 is 0 Å². The number of thiazole rings is 1. The van der Waals surface area contributed by atoms with E-state index in [1.54, 1.807) is 23.1 Å². The molecule has 0 fully saturated rings. The highest BCUT2D eigenvalue weighted by Crippen LogP contribution is 2.34. The molecule has 0 unspecified atom stereocenters. The molecule has 0 saturated heterocycles. The van der Waals surface area contributed by atoms with Gasteiger partial charge in [0.2, 0.25) is 0 Å². The SMILES string of the molecule is CC(C)(C)Sc1nc2sccn2c1CN. The lowest BCUT2D eigenvalue weighted by Crippen LogP contribution is -2.09. The van der Waals surface area contributed by atoms with Gasteiger partial charge < -0.3 is 5.73 Å². The smallest absolute Gasteiger partial charge is 0.194 e. The molecule has 2 rings (SSSR count). The van der Waals surface area contributed by atoms with Gasteiger partial charge in [-0.1, -0.05) is 32.5 Å². The van der Waals surface area contributed by atoms with E-state index in [1.807, 2.05) is 11.6 Å². The lowest BCUT2D eigenvalue weighted by Gasteiger charge is -2.16. The van der Waals surface area contributed by atoms with Crippen molar-refractivity contribution in [2.75, 3.05) is 0 Å². The maximum Gasteiger partial charge on any atom is 0.194 e. The van der Waals surface area contributed by atoms with Crippen molar-refractivity contribution in [1.29, 1.82) is 0 Å². The summed E-state index contributed by atoms with van der Waals surface area (Å²) in [5.41, 5.74) is 6.89. The Balaban J connectivity index is 2.46. The zero-order valence-corrected chi connectivity index (χ0v) is 10.8. The summed E-state index contributed by atoms with van der Waals surface area (Å²) in [7, 11) is 0. The predicted octanol–water partition coefficient (Wildman–Crippen LogP) is 2.75. The van der Waals surface area contributed by atoms with Gasteiger partial charge in [-0.15, -0.1) is 11.3 Å². The lowest BCUT2D eigenvalue weighted by molar-refractivity contribution is 0.796. The van der Waals surface area contributed by atoms with E-state index in [1.165, 1.54) is 0 Å². The largest absolute Gasteiger partial charge is 0.325 e. The highest BCUT2D eigenvalue weighted by Gasteiger charge is 2.19. The molecular formula is C10H15N3S2. The van der Waals surface area contributed by atoms with Crippen LogP contribution < -0.4 is 5.73 Å². The molecule has 0 saturated carbocycles. The number of fused-ring (bicyclic) bond motifs is 1. The molecule has 2 N–H and O–H groups in total. The monoisotopic (exact) mass is 241 g/mol. The normalized spacial score (nSPS) is 12.5. The molecule has 2 aromatic heterocycles. The molecule has 0 aliphatic heterocycles. The van der Waals surface area contributed by atoms with Crippen molar-refractivity contribution in [1.82, 2.24) is 9.38 Å². The molecule has 0 atom stereocenters. The minimum atomic E-state index is 0.175. The molecule has 0 amide bonds.